The van der Waals surface area contributed by atoms with E-state index in [9.17, 15) is 13.2 Å². The van der Waals surface area contributed by atoms with Crippen molar-refractivity contribution in [2.45, 2.75) is 24.8 Å². The van der Waals surface area contributed by atoms with Crippen molar-refractivity contribution in [3.8, 4) is 5.75 Å². The predicted octanol–water partition coefficient (Wildman–Crippen LogP) is 4.34. The first-order valence-electron chi connectivity index (χ1n) is 8.27. The van der Waals surface area contributed by atoms with Crippen LogP contribution >= 0.6 is 23.2 Å². The molecule has 150 valence electrons. The molecule has 6 nitrogen and oxygen atoms in total. The third kappa shape index (κ3) is 5.97. The fourth-order valence-electron chi connectivity index (χ4n) is 2.31. The summed E-state index contributed by atoms with van der Waals surface area (Å²) in [5, 5.41) is 3.51. The van der Waals surface area contributed by atoms with E-state index < -0.39 is 15.9 Å². The van der Waals surface area contributed by atoms with Gasteiger partial charge >= 0.3 is 0 Å². The Balaban J connectivity index is 2.25. The lowest BCUT2D eigenvalue weighted by Gasteiger charge is -2.13. The molecule has 1 amide bonds. The second-order valence-corrected chi connectivity index (χ2v) is 8.68. The van der Waals surface area contributed by atoms with Crippen molar-refractivity contribution >= 4 is 50.9 Å². The second kappa shape index (κ2) is 9.43. The maximum atomic E-state index is 12.4. The average molecular weight is 443 g/mol. The van der Waals surface area contributed by atoms with Crippen LogP contribution in [0.4, 0.5) is 5.69 Å². The molecule has 2 aromatic carbocycles. The van der Waals surface area contributed by atoms with Crippen LogP contribution in [0.15, 0.2) is 47.4 Å². The molecule has 0 saturated carbocycles. The maximum Gasteiger partial charge on any atom is 0.248 e. The van der Waals surface area contributed by atoms with Gasteiger partial charge in [0.25, 0.3) is 0 Å². The summed E-state index contributed by atoms with van der Waals surface area (Å²) in [6, 6.07) is 8.86. The second-order valence-electron chi connectivity index (χ2n) is 6.13. The van der Waals surface area contributed by atoms with Gasteiger partial charge in [-0.25, -0.2) is 13.1 Å². The lowest BCUT2D eigenvalue weighted by atomic mass is 10.2. The molecule has 0 aliphatic rings. The minimum absolute atomic E-state index is 0.0158. The lowest BCUT2D eigenvalue weighted by Crippen LogP contribution is -2.30. The fourth-order valence-corrected chi connectivity index (χ4v) is 4.06. The van der Waals surface area contributed by atoms with Crippen LogP contribution in [0, 0.1) is 0 Å². The van der Waals surface area contributed by atoms with Crippen molar-refractivity contribution in [2.24, 2.45) is 0 Å². The van der Waals surface area contributed by atoms with E-state index in [1.807, 2.05) is 0 Å². The molecule has 0 fully saturated rings. The molecule has 0 aromatic heterocycles. The van der Waals surface area contributed by atoms with Crippen molar-refractivity contribution in [3.05, 3.63) is 58.1 Å². The number of carbonyl (C=O) groups is 1. The number of ether oxygens (including phenoxy) is 1. The molecule has 0 heterocycles. The molecular formula is C19H20Cl2N2O4S. The highest BCUT2D eigenvalue weighted by atomic mass is 35.5. The first-order chi connectivity index (χ1) is 13.1. The topological polar surface area (TPSA) is 84.5 Å². The van der Waals surface area contributed by atoms with Gasteiger partial charge < -0.3 is 10.1 Å². The molecule has 2 rings (SSSR count). The third-order valence-corrected chi connectivity index (χ3v) is 5.73. The monoisotopic (exact) mass is 442 g/mol. The zero-order chi connectivity index (χ0) is 20.9. The van der Waals surface area contributed by atoms with E-state index in [0.29, 0.717) is 21.4 Å². The SMILES string of the molecule is COc1ccc(S(=O)(=O)NC(C)C)cc1NC(=O)/C=C/c1ccc(Cl)cc1Cl. The van der Waals surface area contributed by atoms with Gasteiger partial charge in [-0.1, -0.05) is 29.3 Å². The molecule has 2 aromatic rings. The Bertz CT molecular complexity index is 1000. The third-order valence-electron chi connectivity index (χ3n) is 3.51. The maximum absolute atomic E-state index is 12.4. The average Bonchev–Trinajstić information content (AvgIpc) is 2.59. The van der Waals surface area contributed by atoms with E-state index in [1.54, 1.807) is 32.0 Å². The van der Waals surface area contributed by atoms with Crippen molar-refractivity contribution in [2.75, 3.05) is 12.4 Å². The highest BCUT2D eigenvalue weighted by Crippen LogP contribution is 2.28. The van der Waals surface area contributed by atoms with Gasteiger partial charge in [0.15, 0.2) is 0 Å². The van der Waals surface area contributed by atoms with Gasteiger partial charge in [-0.3, -0.25) is 4.79 Å². The van der Waals surface area contributed by atoms with Crippen LogP contribution in [0.1, 0.15) is 19.4 Å². The van der Waals surface area contributed by atoms with Crippen LogP contribution in [0.5, 0.6) is 5.75 Å². The Morgan fingerprint density at radius 3 is 2.46 bits per heavy atom. The van der Waals surface area contributed by atoms with E-state index in [0.717, 1.165) is 0 Å². The highest BCUT2D eigenvalue weighted by Gasteiger charge is 2.18. The number of halogens is 2. The fraction of sp³-hybridized carbons (Fsp3) is 0.211. The summed E-state index contributed by atoms with van der Waals surface area (Å²) in [6.07, 6.45) is 2.81. The molecule has 0 atom stereocenters. The van der Waals surface area contributed by atoms with Crippen molar-refractivity contribution in [3.63, 3.8) is 0 Å². The zero-order valence-electron chi connectivity index (χ0n) is 15.5. The first kappa shape index (κ1) is 22.2. The van der Waals surface area contributed by atoms with Crippen molar-refractivity contribution < 1.29 is 17.9 Å². The Morgan fingerprint density at radius 2 is 1.86 bits per heavy atom. The van der Waals surface area contributed by atoms with Gasteiger partial charge in [-0.2, -0.15) is 0 Å². The lowest BCUT2D eigenvalue weighted by molar-refractivity contribution is -0.111. The van der Waals surface area contributed by atoms with Crippen LogP contribution in [-0.4, -0.2) is 27.5 Å². The number of hydrogen-bond donors (Lipinski definition) is 2. The van der Waals surface area contributed by atoms with Crippen LogP contribution in [0.25, 0.3) is 6.08 Å². The van der Waals surface area contributed by atoms with Crippen molar-refractivity contribution in [1.82, 2.24) is 4.72 Å². The standard InChI is InChI=1S/C19H20Cl2N2O4S/c1-12(2)23-28(25,26)15-7-8-18(27-3)17(11-15)22-19(24)9-5-13-4-6-14(20)10-16(13)21/h4-12,23H,1-3H3,(H,22,24)/b9-5+. The zero-order valence-corrected chi connectivity index (χ0v) is 17.8. The largest absolute Gasteiger partial charge is 0.495 e. The number of nitrogens with one attached hydrogen (secondary N) is 2. The van der Waals surface area contributed by atoms with E-state index in [2.05, 4.69) is 10.0 Å². The summed E-state index contributed by atoms with van der Waals surface area (Å²) >= 11 is 11.9. The summed E-state index contributed by atoms with van der Waals surface area (Å²) in [6.45, 7) is 3.44. The smallest absolute Gasteiger partial charge is 0.248 e. The molecule has 0 aliphatic heterocycles. The Morgan fingerprint density at radius 1 is 1.14 bits per heavy atom. The first-order valence-corrected chi connectivity index (χ1v) is 10.5. The number of amides is 1. The minimum Gasteiger partial charge on any atom is -0.495 e. The Kier molecular flexibility index (Phi) is 7.48. The van der Waals surface area contributed by atoms with Gasteiger partial charge in [-0.15, -0.1) is 0 Å². The molecule has 2 N–H and O–H groups in total. The Labute approximate surface area is 174 Å². The molecule has 0 aliphatic carbocycles. The highest BCUT2D eigenvalue weighted by molar-refractivity contribution is 7.89. The van der Waals surface area contributed by atoms with Gasteiger partial charge in [-0.05, 0) is 55.8 Å². The van der Waals surface area contributed by atoms with Gasteiger partial charge in [0, 0.05) is 22.2 Å². The molecule has 28 heavy (non-hydrogen) atoms. The number of hydrogen-bond acceptors (Lipinski definition) is 4. The van der Waals surface area contributed by atoms with E-state index >= 15 is 0 Å². The van der Waals surface area contributed by atoms with Crippen LogP contribution < -0.4 is 14.8 Å². The molecule has 0 unspecified atom stereocenters. The van der Waals surface area contributed by atoms with Crippen LogP contribution in [-0.2, 0) is 14.8 Å². The summed E-state index contributed by atoms with van der Waals surface area (Å²) < 4.78 is 32.4. The molecular weight excluding hydrogens is 423 g/mol. The van der Waals surface area contributed by atoms with Crippen molar-refractivity contribution in [1.29, 1.82) is 0 Å². The molecule has 0 saturated heterocycles. The predicted molar refractivity (Wildman–Crippen MR) is 113 cm³/mol. The quantitative estimate of drug-likeness (QED) is 0.624. The molecule has 0 bridgehead atoms. The number of carbonyl (C=O) groups excluding carboxylic acids is 1. The van der Waals surface area contributed by atoms with Crippen LogP contribution in [0.3, 0.4) is 0 Å². The number of sulfonamides is 1. The number of methoxy groups -OCH3 is 1. The van der Waals surface area contributed by atoms with Gasteiger partial charge in [0.05, 0.1) is 17.7 Å². The normalized spacial score (nSPS) is 11.8. The van der Waals surface area contributed by atoms with E-state index in [-0.39, 0.29) is 16.6 Å². The summed E-state index contributed by atoms with van der Waals surface area (Å²) in [5.74, 6) is -0.148. The number of anilines is 1. The molecule has 9 heteroatoms. The molecule has 0 radical (unpaired) electrons. The molecule has 0 spiro atoms. The van der Waals surface area contributed by atoms with Crippen LogP contribution in [0.2, 0.25) is 10.0 Å². The summed E-state index contributed by atoms with van der Waals surface area (Å²) in [7, 11) is -2.29. The number of rotatable bonds is 7. The Hall–Kier alpha value is -2.06. The number of benzene rings is 2. The van der Waals surface area contributed by atoms with Gasteiger partial charge in [0.2, 0.25) is 15.9 Å². The van der Waals surface area contributed by atoms with E-state index in [1.165, 1.54) is 37.5 Å². The van der Waals surface area contributed by atoms with Gasteiger partial charge in [0.1, 0.15) is 5.75 Å². The summed E-state index contributed by atoms with van der Waals surface area (Å²) in [5.41, 5.74) is 0.844. The van der Waals surface area contributed by atoms with E-state index in [4.69, 9.17) is 27.9 Å². The minimum atomic E-state index is -3.71. The summed E-state index contributed by atoms with van der Waals surface area (Å²) in [4.78, 5) is 12.3.